The summed E-state index contributed by atoms with van der Waals surface area (Å²) >= 11 is 0. The first-order valence-corrected chi connectivity index (χ1v) is 5.05. The summed E-state index contributed by atoms with van der Waals surface area (Å²) in [4.78, 5) is 12.3. The molecule has 6 heteroatoms. The van der Waals surface area contributed by atoms with E-state index in [-0.39, 0.29) is 6.01 Å². The van der Waals surface area contributed by atoms with Crippen LogP contribution in [0.15, 0.2) is 10.6 Å². The molecule has 0 bridgehead atoms. The Kier molecular flexibility index (Phi) is 2.95. The van der Waals surface area contributed by atoms with Gasteiger partial charge in [-0.15, -0.1) is 0 Å². The van der Waals surface area contributed by atoms with E-state index in [1.54, 1.807) is 13.1 Å². The van der Waals surface area contributed by atoms with Crippen molar-refractivity contribution in [1.29, 1.82) is 0 Å². The molecule has 0 unspecified atom stereocenters. The maximum atomic E-state index is 5.50. The van der Waals surface area contributed by atoms with Crippen molar-refractivity contribution in [2.24, 2.45) is 0 Å². The van der Waals surface area contributed by atoms with Crippen LogP contribution < -0.4 is 9.47 Å². The lowest BCUT2D eigenvalue weighted by Crippen LogP contribution is -1.97. The lowest BCUT2D eigenvalue weighted by atomic mass is 10.2. The second-order valence-corrected chi connectivity index (χ2v) is 3.43. The molecule has 0 saturated heterocycles. The van der Waals surface area contributed by atoms with Crippen LogP contribution in [-0.4, -0.2) is 29.2 Å². The SMILES string of the molecule is COc1ncc(-c2oc(C)nc2C)c(OC)n1. The van der Waals surface area contributed by atoms with E-state index in [4.69, 9.17) is 13.9 Å². The highest BCUT2D eigenvalue weighted by Gasteiger charge is 2.17. The van der Waals surface area contributed by atoms with E-state index in [2.05, 4.69) is 15.0 Å². The number of hydrogen-bond donors (Lipinski definition) is 0. The molecule has 0 aliphatic carbocycles. The van der Waals surface area contributed by atoms with Gasteiger partial charge in [-0.25, -0.2) is 9.97 Å². The van der Waals surface area contributed by atoms with Crippen LogP contribution in [0.25, 0.3) is 11.3 Å². The van der Waals surface area contributed by atoms with Crippen LogP contribution in [0.4, 0.5) is 0 Å². The van der Waals surface area contributed by atoms with Crippen LogP contribution in [0, 0.1) is 13.8 Å². The van der Waals surface area contributed by atoms with Gasteiger partial charge in [0.25, 0.3) is 0 Å². The van der Waals surface area contributed by atoms with Gasteiger partial charge in [0.15, 0.2) is 11.7 Å². The average molecular weight is 235 g/mol. The molecule has 2 aromatic rings. The smallest absolute Gasteiger partial charge is 0.319 e. The quantitative estimate of drug-likeness (QED) is 0.807. The zero-order valence-corrected chi connectivity index (χ0v) is 10.1. The fraction of sp³-hybridized carbons (Fsp3) is 0.364. The van der Waals surface area contributed by atoms with Gasteiger partial charge in [0.05, 0.1) is 25.5 Å². The van der Waals surface area contributed by atoms with E-state index in [0.717, 1.165) is 5.69 Å². The molecule has 0 amide bonds. The number of aryl methyl sites for hydroxylation is 2. The van der Waals surface area contributed by atoms with E-state index in [0.29, 0.717) is 23.1 Å². The highest BCUT2D eigenvalue weighted by Crippen LogP contribution is 2.31. The van der Waals surface area contributed by atoms with E-state index < -0.39 is 0 Å². The summed E-state index contributed by atoms with van der Waals surface area (Å²) in [6.45, 7) is 3.64. The first kappa shape index (κ1) is 11.4. The Morgan fingerprint density at radius 1 is 1.12 bits per heavy atom. The van der Waals surface area contributed by atoms with Crippen LogP contribution in [0.3, 0.4) is 0 Å². The molecule has 0 aliphatic heterocycles. The Hall–Kier alpha value is -2.11. The third-order valence-electron chi connectivity index (χ3n) is 2.26. The Labute approximate surface area is 98.6 Å². The molecule has 0 fully saturated rings. The summed E-state index contributed by atoms with van der Waals surface area (Å²) < 4.78 is 15.6. The van der Waals surface area contributed by atoms with Gasteiger partial charge in [0.2, 0.25) is 5.88 Å². The average Bonchev–Trinajstić information content (AvgIpc) is 2.67. The minimum Gasteiger partial charge on any atom is -0.480 e. The molecule has 0 radical (unpaired) electrons. The van der Waals surface area contributed by atoms with Gasteiger partial charge in [0, 0.05) is 13.1 Å². The molecule has 0 aliphatic rings. The van der Waals surface area contributed by atoms with Crippen molar-refractivity contribution in [3.63, 3.8) is 0 Å². The lowest BCUT2D eigenvalue weighted by molar-refractivity contribution is 0.352. The van der Waals surface area contributed by atoms with Gasteiger partial charge in [0.1, 0.15) is 0 Å². The second-order valence-electron chi connectivity index (χ2n) is 3.43. The lowest BCUT2D eigenvalue weighted by Gasteiger charge is -2.06. The van der Waals surface area contributed by atoms with Crippen molar-refractivity contribution >= 4 is 0 Å². The minimum absolute atomic E-state index is 0.250. The molecule has 2 aromatic heterocycles. The first-order chi connectivity index (χ1) is 8.15. The normalized spacial score (nSPS) is 10.4. The molecule has 0 saturated carbocycles. The summed E-state index contributed by atoms with van der Waals surface area (Å²) in [5.41, 5.74) is 1.43. The van der Waals surface area contributed by atoms with Crippen molar-refractivity contribution in [2.75, 3.05) is 14.2 Å². The van der Waals surface area contributed by atoms with E-state index in [9.17, 15) is 0 Å². The number of aromatic nitrogens is 3. The monoisotopic (exact) mass is 235 g/mol. The summed E-state index contributed by atoms with van der Waals surface area (Å²) in [6, 6.07) is 0.250. The third-order valence-corrected chi connectivity index (χ3v) is 2.26. The van der Waals surface area contributed by atoms with Crippen molar-refractivity contribution in [2.45, 2.75) is 13.8 Å². The molecule has 0 atom stereocenters. The van der Waals surface area contributed by atoms with Crippen molar-refractivity contribution in [3.8, 4) is 23.2 Å². The zero-order chi connectivity index (χ0) is 12.4. The Bertz CT molecular complexity index is 537. The van der Waals surface area contributed by atoms with Crippen LogP contribution in [0.2, 0.25) is 0 Å². The van der Waals surface area contributed by atoms with Crippen molar-refractivity contribution in [3.05, 3.63) is 17.8 Å². The molecule has 0 aromatic carbocycles. The van der Waals surface area contributed by atoms with E-state index in [1.165, 1.54) is 14.2 Å². The first-order valence-electron chi connectivity index (χ1n) is 5.05. The maximum absolute atomic E-state index is 5.50. The number of rotatable bonds is 3. The molecule has 2 rings (SSSR count). The molecule has 6 nitrogen and oxygen atoms in total. The third kappa shape index (κ3) is 2.06. The van der Waals surface area contributed by atoms with Crippen LogP contribution in [0.5, 0.6) is 11.9 Å². The molecule has 2 heterocycles. The van der Waals surface area contributed by atoms with Crippen molar-refractivity contribution in [1.82, 2.24) is 15.0 Å². The summed E-state index contributed by atoms with van der Waals surface area (Å²) in [5.74, 6) is 1.61. The highest BCUT2D eigenvalue weighted by molar-refractivity contribution is 5.64. The number of oxazole rings is 1. The van der Waals surface area contributed by atoms with Gasteiger partial charge in [-0.05, 0) is 6.92 Å². The molecule has 0 spiro atoms. The predicted octanol–water partition coefficient (Wildman–Crippen LogP) is 1.77. The van der Waals surface area contributed by atoms with E-state index in [1.807, 2.05) is 6.92 Å². The number of methoxy groups -OCH3 is 2. The topological polar surface area (TPSA) is 70.3 Å². The van der Waals surface area contributed by atoms with Crippen LogP contribution in [-0.2, 0) is 0 Å². The number of nitrogens with zero attached hydrogens (tertiary/aromatic N) is 3. The highest BCUT2D eigenvalue weighted by atomic mass is 16.5. The van der Waals surface area contributed by atoms with Gasteiger partial charge in [-0.1, -0.05) is 0 Å². The van der Waals surface area contributed by atoms with Crippen LogP contribution >= 0.6 is 0 Å². The predicted molar refractivity (Wildman–Crippen MR) is 60.1 cm³/mol. The van der Waals surface area contributed by atoms with Gasteiger partial charge < -0.3 is 13.9 Å². The number of hydrogen-bond acceptors (Lipinski definition) is 6. The molecule has 17 heavy (non-hydrogen) atoms. The van der Waals surface area contributed by atoms with Gasteiger partial charge >= 0.3 is 6.01 Å². The van der Waals surface area contributed by atoms with E-state index >= 15 is 0 Å². The van der Waals surface area contributed by atoms with Crippen molar-refractivity contribution < 1.29 is 13.9 Å². The molecular formula is C11H13N3O3. The second kappa shape index (κ2) is 4.40. The Morgan fingerprint density at radius 3 is 2.41 bits per heavy atom. The maximum Gasteiger partial charge on any atom is 0.319 e. The molecule has 0 N–H and O–H groups in total. The minimum atomic E-state index is 0.250. The fourth-order valence-electron chi connectivity index (χ4n) is 1.54. The fourth-order valence-corrected chi connectivity index (χ4v) is 1.54. The summed E-state index contributed by atoms with van der Waals surface area (Å²) in [5, 5.41) is 0. The molecule has 90 valence electrons. The zero-order valence-electron chi connectivity index (χ0n) is 10.1. The van der Waals surface area contributed by atoms with Gasteiger partial charge in [-0.3, -0.25) is 0 Å². The molecular weight excluding hydrogens is 222 g/mol. The Morgan fingerprint density at radius 2 is 1.88 bits per heavy atom. The van der Waals surface area contributed by atoms with Gasteiger partial charge in [-0.2, -0.15) is 4.98 Å². The summed E-state index contributed by atoms with van der Waals surface area (Å²) in [7, 11) is 3.03. The largest absolute Gasteiger partial charge is 0.480 e. The standard InChI is InChI=1S/C11H13N3O3/c1-6-9(17-7(2)13-6)8-5-12-11(16-4)14-10(8)15-3/h5H,1-4H3. The summed E-state index contributed by atoms with van der Waals surface area (Å²) in [6.07, 6.45) is 1.59. The Balaban J connectivity index is 2.55. The number of ether oxygens (including phenoxy) is 2. The van der Waals surface area contributed by atoms with Crippen LogP contribution in [0.1, 0.15) is 11.6 Å².